The fraction of sp³-hybridized carbons (Fsp3) is 0.214. The summed E-state index contributed by atoms with van der Waals surface area (Å²) in [6.07, 6.45) is 0.285. The molecule has 1 aromatic rings. The van der Waals surface area contributed by atoms with Gasteiger partial charge in [-0.1, -0.05) is 36.9 Å². The molecule has 1 heterocycles. The molecule has 5 heteroatoms. The highest BCUT2D eigenvalue weighted by Crippen LogP contribution is 2.16. The molecule has 5 nitrogen and oxygen atoms in total. The molecule has 2 rings (SSSR count). The van der Waals surface area contributed by atoms with Crippen LogP contribution in [-0.4, -0.2) is 22.6 Å². The zero-order valence-electron chi connectivity index (χ0n) is 10.4. The van der Waals surface area contributed by atoms with Crippen LogP contribution in [0.25, 0.3) is 0 Å². The zero-order chi connectivity index (χ0) is 13.8. The topological polar surface area (TPSA) is 66.5 Å². The summed E-state index contributed by atoms with van der Waals surface area (Å²) in [6, 6.07) is 9.35. The Kier molecular flexibility index (Phi) is 3.75. The first-order valence-electron chi connectivity index (χ1n) is 5.96. The maximum atomic E-state index is 11.8. The highest BCUT2D eigenvalue weighted by Gasteiger charge is 2.33. The quantitative estimate of drug-likeness (QED) is 0.646. The number of nitrogens with zero attached hydrogens (tertiary/aromatic N) is 1. The van der Waals surface area contributed by atoms with E-state index in [1.54, 1.807) is 0 Å². The number of amides is 3. The van der Waals surface area contributed by atoms with E-state index in [1.165, 1.54) is 0 Å². The largest absolute Gasteiger partial charge is 0.347 e. The van der Waals surface area contributed by atoms with Gasteiger partial charge >= 0.3 is 0 Å². The third kappa shape index (κ3) is 2.88. The molecule has 0 radical (unpaired) electrons. The summed E-state index contributed by atoms with van der Waals surface area (Å²) in [5.74, 6) is -1.25. The molecule has 0 saturated carbocycles. The van der Waals surface area contributed by atoms with Gasteiger partial charge in [0.1, 0.15) is 5.70 Å². The molecule has 0 bridgehead atoms. The fourth-order valence-electron chi connectivity index (χ4n) is 1.86. The molecule has 1 saturated heterocycles. The van der Waals surface area contributed by atoms with Gasteiger partial charge in [-0.15, -0.1) is 0 Å². The number of rotatable bonds is 4. The maximum Gasteiger partial charge on any atom is 0.268 e. The second-order valence-electron chi connectivity index (χ2n) is 4.24. The number of nitrogens with one attached hydrogen (secondary N) is 1. The van der Waals surface area contributed by atoms with Crippen LogP contribution in [0.5, 0.6) is 0 Å². The smallest absolute Gasteiger partial charge is 0.268 e. The third-order valence-corrected chi connectivity index (χ3v) is 2.88. The molecular formula is C14H14N2O3. The Morgan fingerprint density at radius 1 is 1.16 bits per heavy atom. The Hall–Kier alpha value is -2.43. The van der Waals surface area contributed by atoms with Crippen molar-refractivity contribution in [2.24, 2.45) is 0 Å². The van der Waals surface area contributed by atoms with E-state index in [0.29, 0.717) is 6.54 Å². The molecule has 19 heavy (non-hydrogen) atoms. The Bertz CT molecular complexity index is 521. The van der Waals surface area contributed by atoms with Gasteiger partial charge in [0.15, 0.2) is 0 Å². The lowest BCUT2D eigenvalue weighted by molar-refractivity contribution is -0.138. The van der Waals surface area contributed by atoms with Crippen molar-refractivity contribution in [3.8, 4) is 0 Å². The molecule has 1 aromatic carbocycles. The van der Waals surface area contributed by atoms with E-state index in [9.17, 15) is 14.4 Å². The number of benzene rings is 1. The van der Waals surface area contributed by atoms with E-state index in [2.05, 4.69) is 11.9 Å². The summed E-state index contributed by atoms with van der Waals surface area (Å²) < 4.78 is 0. The van der Waals surface area contributed by atoms with E-state index in [4.69, 9.17) is 0 Å². The first-order valence-corrected chi connectivity index (χ1v) is 5.96. The van der Waals surface area contributed by atoms with Crippen LogP contribution in [-0.2, 0) is 20.9 Å². The molecule has 0 atom stereocenters. The molecule has 0 aromatic heterocycles. The first kappa shape index (κ1) is 13.0. The average Bonchev–Trinajstić information content (AvgIpc) is 2.76. The van der Waals surface area contributed by atoms with E-state index in [1.807, 2.05) is 30.3 Å². The molecule has 1 N–H and O–H groups in total. The van der Waals surface area contributed by atoms with Gasteiger partial charge in [0.25, 0.3) is 5.91 Å². The molecular weight excluding hydrogens is 244 g/mol. The summed E-state index contributed by atoms with van der Waals surface area (Å²) in [7, 11) is 0. The maximum absolute atomic E-state index is 11.8. The van der Waals surface area contributed by atoms with Crippen molar-refractivity contribution in [1.82, 2.24) is 10.2 Å². The molecule has 3 amide bonds. The molecule has 0 aliphatic carbocycles. The Labute approximate surface area is 110 Å². The highest BCUT2D eigenvalue weighted by molar-refractivity contribution is 6.10. The van der Waals surface area contributed by atoms with Crippen molar-refractivity contribution in [1.29, 1.82) is 0 Å². The summed E-state index contributed by atoms with van der Waals surface area (Å²) in [6.45, 7) is 3.85. The van der Waals surface area contributed by atoms with Gasteiger partial charge in [0.05, 0.1) is 0 Å². The predicted octanol–water partition coefficient (Wildman–Crippen LogP) is 0.965. The van der Waals surface area contributed by atoms with Crippen LogP contribution in [0.2, 0.25) is 0 Å². The number of carbonyl (C=O) groups is 3. The lowest BCUT2D eigenvalue weighted by atomic mass is 10.2. The monoisotopic (exact) mass is 258 g/mol. The van der Waals surface area contributed by atoms with Gasteiger partial charge in [-0.25, -0.2) is 4.90 Å². The second-order valence-corrected chi connectivity index (χ2v) is 4.24. The molecule has 1 aliphatic rings. The van der Waals surface area contributed by atoms with E-state index >= 15 is 0 Å². The Morgan fingerprint density at radius 2 is 1.74 bits per heavy atom. The lowest BCUT2D eigenvalue weighted by Crippen LogP contribution is -2.37. The average molecular weight is 258 g/mol. The number of imide groups is 1. The van der Waals surface area contributed by atoms with Gasteiger partial charge in [-0.05, 0) is 5.56 Å². The molecule has 98 valence electrons. The van der Waals surface area contributed by atoms with Crippen molar-refractivity contribution < 1.29 is 14.4 Å². The van der Waals surface area contributed by atoms with Gasteiger partial charge in [-0.3, -0.25) is 14.4 Å². The van der Waals surface area contributed by atoms with Gasteiger partial charge in [0.2, 0.25) is 11.8 Å². The minimum absolute atomic E-state index is 0.108. The minimum atomic E-state index is -0.507. The fourth-order valence-corrected chi connectivity index (χ4v) is 1.86. The molecule has 1 aliphatic heterocycles. The number of carbonyl (C=O) groups excluding carboxylic acids is 3. The van der Waals surface area contributed by atoms with Crippen LogP contribution in [0.3, 0.4) is 0 Å². The van der Waals surface area contributed by atoms with Gasteiger partial charge < -0.3 is 5.32 Å². The van der Waals surface area contributed by atoms with Crippen LogP contribution in [0.1, 0.15) is 18.4 Å². The van der Waals surface area contributed by atoms with Crippen LogP contribution in [0.15, 0.2) is 42.6 Å². The van der Waals surface area contributed by atoms with Crippen molar-refractivity contribution in [2.45, 2.75) is 19.4 Å². The van der Waals surface area contributed by atoms with Crippen LogP contribution >= 0.6 is 0 Å². The highest BCUT2D eigenvalue weighted by atomic mass is 16.2. The predicted molar refractivity (Wildman–Crippen MR) is 68.5 cm³/mol. The Morgan fingerprint density at radius 3 is 2.32 bits per heavy atom. The van der Waals surface area contributed by atoms with Gasteiger partial charge in [-0.2, -0.15) is 0 Å². The van der Waals surface area contributed by atoms with Crippen LogP contribution in [0, 0.1) is 0 Å². The van der Waals surface area contributed by atoms with E-state index in [0.717, 1.165) is 10.5 Å². The molecule has 0 spiro atoms. The summed E-state index contributed by atoms with van der Waals surface area (Å²) in [4.78, 5) is 35.6. The molecule has 1 fully saturated rings. The van der Waals surface area contributed by atoms with Crippen LogP contribution < -0.4 is 5.32 Å². The normalized spacial score (nSPS) is 14.6. The minimum Gasteiger partial charge on any atom is -0.347 e. The summed E-state index contributed by atoms with van der Waals surface area (Å²) in [5.41, 5.74) is 0.825. The van der Waals surface area contributed by atoms with Crippen molar-refractivity contribution in [3.05, 3.63) is 48.2 Å². The first-order chi connectivity index (χ1) is 9.09. The van der Waals surface area contributed by atoms with Gasteiger partial charge in [0, 0.05) is 19.4 Å². The van der Waals surface area contributed by atoms with Crippen LogP contribution in [0.4, 0.5) is 0 Å². The lowest BCUT2D eigenvalue weighted by Gasteiger charge is -2.16. The number of hydrogen-bond acceptors (Lipinski definition) is 3. The molecule has 0 unspecified atom stereocenters. The summed E-state index contributed by atoms with van der Waals surface area (Å²) >= 11 is 0. The SMILES string of the molecule is C=C(C(=O)NCc1ccccc1)N1C(=O)CCC1=O. The zero-order valence-corrected chi connectivity index (χ0v) is 10.4. The standard InChI is InChI=1S/C14H14N2O3/c1-10(16-12(17)7-8-13(16)18)14(19)15-9-11-5-3-2-4-6-11/h2-6H,1,7-9H2,(H,15,19). The number of likely N-dealkylation sites (tertiary alicyclic amines) is 1. The number of hydrogen-bond donors (Lipinski definition) is 1. The van der Waals surface area contributed by atoms with E-state index < -0.39 is 5.91 Å². The van der Waals surface area contributed by atoms with Crippen molar-refractivity contribution in [3.63, 3.8) is 0 Å². The second kappa shape index (κ2) is 5.48. The third-order valence-electron chi connectivity index (χ3n) is 2.88. The van der Waals surface area contributed by atoms with Crippen molar-refractivity contribution in [2.75, 3.05) is 0 Å². The summed E-state index contributed by atoms with van der Waals surface area (Å²) in [5, 5.41) is 2.63. The van der Waals surface area contributed by atoms with E-state index in [-0.39, 0.29) is 30.4 Å². The van der Waals surface area contributed by atoms with Crippen molar-refractivity contribution >= 4 is 17.7 Å². The Balaban J connectivity index is 1.95.